The minimum atomic E-state index is -1.03. The summed E-state index contributed by atoms with van der Waals surface area (Å²) in [6.45, 7) is 5.64. The van der Waals surface area contributed by atoms with Crippen LogP contribution in [0.2, 0.25) is 0 Å². The van der Waals surface area contributed by atoms with E-state index in [1.54, 1.807) is 12.5 Å². The summed E-state index contributed by atoms with van der Waals surface area (Å²) in [5.74, 6) is 0.132. The minimum absolute atomic E-state index is 0.320. The number of hydrogen-bond donors (Lipinski definition) is 5. The monoisotopic (exact) mass is 380 g/mol. The van der Waals surface area contributed by atoms with Gasteiger partial charge >= 0.3 is 0 Å². The molecule has 1 fully saturated rings. The van der Waals surface area contributed by atoms with Crippen LogP contribution >= 0.6 is 0 Å². The second-order valence-electron chi connectivity index (χ2n) is 9.03. The lowest BCUT2D eigenvalue weighted by Gasteiger charge is -2.37. The molecule has 7 heteroatoms. The van der Waals surface area contributed by atoms with Gasteiger partial charge in [-0.15, -0.1) is 0 Å². The average molecular weight is 381 g/mol. The summed E-state index contributed by atoms with van der Waals surface area (Å²) >= 11 is 0. The summed E-state index contributed by atoms with van der Waals surface area (Å²) < 4.78 is 0. The fraction of sp³-hybridized carbons (Fsp3) is 0.800. The lowest BCUT2D eigenvalue weighted by Crippen LogP contribution is -2.56. The molecule has 6 N–H and O–H groups in total. The Morgan fingerprint density at radius 2 is 2.00 bits per heavy atom. The van der Waals surface area contributed by atoms with Crippen LogP contribution in [0.5, 0.6) is 0 Å². The highest BCUT2D eigenvalue weighted by molar-refractivity contribution is 5.82. The van der Waals surface area contributed by atoms with E-state index in [-0.39, 0.29) is 5.91 Å². The van der Waals surface area contributed by atoms with Gasteiger partial charge in [-0.05, 0) is 17.8 Å². The van der Waals surface area contributed by atoms with E-state index in [0.717, 1.165) is 18.5 Å². The van der Waals surface area contributed by atoms with E-state index in [2.05, 4.69) is 15.3 Å². The molecule has 1 aromatic heterocycles. The van der Waals surface area contributed by atoms with Gasteiger partial charge in [-0.2, -0.15) is 0 Å². The van der Waals surface area contributed by atoms with Gasteiger partial charge in [0.05, 0.1) is 30.2 Å². The van der Waals surface area contributed by atoms with Crippen molar-refractivity contribution in [2.45, 2.75) is 90.0 Å². The molecule has 0 bridgehead atoms. The van der Waals surface area contributed by atoms with Crippen molar-refractivity contribution in [3.63, 3.8) is 0 Å². The molecule has 27 heavy (non-hydrogen) atoms. The molecular formula is C20H36N4O3. The third-order valence-corrected chi connectivity index (χ3v) is 5.58. The number of amides is 1. The number of carbonyl (C=O) groups is 1. The molecule has 2 rings (SSSR count). The van der Waals surface area contributed by atoms with Gasteiger partial charge in [-0.3, -0.25) is 4.79 Å². The van der Waals surface area contributed by atoms with Crippen LogP contribution < -0.4 is 11.1 Å². The smallest absolute Gasteiger partial charge is 0.237 e. The quantitative estimate of drug-likeness (QED) is 0.467. The number of nitrogens with two attached hydrogens (primary N) is 1. The van der Waals surface area contributed by atoms with Crippen LogP contribution in [0.4, 0.5) is 0 Å². The lowest BCUT2D eigenvalue weighted by atomic mass is 9.79. The summed E-state index contributed by atoms with van der Waals surface area (Å²) in [4.78, 5) is 19.6. The predicted molar refractivity (Wildman–Crippen MR) is 105 cm³/mol. The molecule has 1 aromatic rings. The van der Waals surface area contributed by atoms with Crippen LogP contribution in [0.1, 0.15) is 65.0 Å². The molecule has 0 radical (unpaired) electrons. The van der Waals surface area contributed by atoms with E-state index in [0.29, 0.717) is 18.8 Å². The van der Waals surface area contributed by atoms with E-state index >= 15 is 0 Å². The Kier molecular flexibility index (Phi) is 7.82. The van der Waals surface area contributed by atoms with Crippen molar-refractivity contribution < 1.29 is 15.0 Å². The highest BCUT2D eigenvalue weighted by Crippen LogP contribution is 2.30. The zero-order chi connectivity index (χ0) is 20.0. The number of aromatic amines is 1. The molecule has 1 amide bonds. The molecule has 1 heterocycles. The van der Waals surface area contributed by atoms with Crippen molar-refractivity contribution in [2.24, 2.45) is 17.1 Å². The zero-order valence-electron chi connectivity index (χ0n) is 16.8. The average Bonchev–Trinajstić information content (AvgIpc) is 3.12. The van der Waals surface area contributed by atoms with Gasteiger partial charge in [0, 0.05) is 12.6 Å². The first-order chi connectivity index (χ1) is 12.7. The predicted octanol–water partition coefficient (Wildman–Crippen LogP) is 1.50. The van der Waals surface area contributed by atoms with E-state index in [9.17, 15) is 15.0 Å². The number of nitrogens with zero attached hydrogens (tertiary/aromatic N) is 1. The molecule has 1 aliphatic rings. The highest BCUT2D eigenvalue weighted by Gasteiger charge is 2.37. The van der Waals surface area contributed by atoms with Crippen molar-refractivity contribution in [3.05, 3.63) is 18.2 Å². The summed E-state index contributed by atoms with van der Waals surface area (Å²) in [7, 11) is 0. The van der Waals surface area contributed by atoms with Crippen LogP contribution in [0, 0.1) is 11.3 Å². The summed E-state index contributed by atoms with van der Waals surface area (Å²) in [5, 5.41) is 24.3. The highest BCUT2D eigenvalue weighted by atomic mass is 16.3. The SMILES string of the molecule is CC(C)(C)C(O)[C@H](O)[C@H](CC1CCCCC1)NC(=O)[C@@H](N)Cc1c[nH]cn1. The Morgan fingerprint density at radius 1 is 1.33 bits per heavy atom. The molecule has 1 aliphatic carbocycles. The first-order valence-electron chi connectivity index (χ1n) is 10.1. The van der Waals surface area contributed by atoms with Crippen molar-refractivity contribution in [2.75, 3.05) is 0 Å². The van der Waals surface area contributed by atoms with Crippen LogP contribution in [0.25, 0.3) is 0 Å². The van der Waals surface area contributed by atoms with Gasteiger partial charge in [-0.1, -0.05) is 52.9 Å². The summed E-state index contributed by atoms with van der Waals surface area (Å²) in [6, 6.07) is -1.26. The fourth-order valence-corrected chi connectivity index (χ4v) is 3.81. The maximum absolute atomic E-state index is 12.6. The van der Waals surface area contributed by atoms with Crippen LogP contribution in [-0.4, -0.2) is 50.4 Å². The van der Waals surface area contributed by atoms with Crippen molar-refractivity contribution >= 4 is 5.91 Å². The number of hydrogen-bond acceptors (Lipinski definition) is 5. The summed E-state index contributed by atoms with van der Waals surface area (Å²) in [6.07, 6.45) is 8.09. The first-order valence-corrected chi connectivity index (χ1v) is 10.1. The van der Waals surface area contributed by atoms with Crippen molar-refractivity contribution in [3.8, 4) is 0 Å². The number of aliphatic hydroxyl groups is 2. The Labute approximate surface area is 162 Å². The Morgan fingerprint density at radius 3 is 2.56 bits per heavy atom. The van der Waals surface area contributed by atoms with Crippen molar-refractivity contribution in [1.29, 1.82) is 0 Å². The largest absolute Gasteiger partial charge is 0.390 e. The number of imidazole rings is 1. The molecule has 4 atom stereocenters. The zero-order valence-corrected chi connectivity index (χ0v) is 16.8. The molecular weight excluding hydrogens is 344 g/mol. The number of rotatable bonds is 8. The number of aliphatic hydroxyl groups excluding tert-OH is 2. The van der Waals surface area contributed by atoms with Crippen LogP contribution in [-0.2, 0) is 11.2 Å². The third kappa shape index (κ3) is 6.59. The number of aromatic nitrogens is 2. The van der Waals surface area contributed by atoms with Gasteiger partial charge in [0.1, 0.15) is 6.10 Å². The molecule has 154 valence electrons. The topological polar surface area (TPSA) is 124 Å². The molecule has 0 saturated heterocycles. The normalized spacial score (nSPS) is 20.7. The Bertz CT molecular complexity index is 564. The number of H-pyrrole nitrogens is 1. The second kappa shape index (κ2) is 9.66. The van der Waals surface area contributed by atoms with Crippen LogP contribution in [0.3, 0.4) is 0 Å². The fourth-order valence-electron chi connectivity index (χ4n) is 3.81. The maximum Gasteiger partial charge on any atom is 0.237 e. The van der Waals surface area contributed by atoms with Gasteiger partial charge in [0.15, 0.2) is 0 Å². The Balaban J connectivity index is 2.04. The van der Waals surface area contributed by atoms with Gasteiger partial charge < -0.3 is 26.2 Å². The van der Waals surface area contributed by atoms with E-state index in [1.165, 1.54) is 19.3 Å². The van der Waals surface area contributed by atoms with E-state index in [4.69, 9.17) is 5.73 Å². The molecule has 0 aromatic carbocycles. The number of carbonyl (C=O) groups excluding carboxylic acids is 1. The lowest BCUT2D eigenvalue weighted by molar-refractivity contribution is -0.126. The minimum Gasteiger partial charge on any atom is -0.390 e. The van der Waals surface area contributed by atoms with Crippen LogP contribution in [0.15, 0.2) is 12.5 Å². The standard InChI is InChI=1S/C20H36N4O3/c1-20(2,3)18(26)17(25)16(9-13-7-5-4-6-8-13)24-19(27)15(21)10-14-11-22-12-23-14/h11-13,15-18,25-26H,4-10,21H2,1-3H3,(H,22,23)(H,24,27)/t15-,16-,17+,18?/m0/s1. The Hall–Kier alpha value is -1.44. The molecule has 1 saturated carbocycles. The molecule has 1 unspecified atom stereocenters. The van der Waals surface area contributed by atoms with Crippen molar-refractivity contribution in [1.82, 2.24) is 15.3 Å². The molecule has 7 nitrogen and oxygen atoms in total. The third-order valence-electron chi connectivity index (χ3n) is 5.58. The van der Waals surface area contributed by atoms with E-state index in [1.807, 2.05) is 20.8 Å². The maximum atomic E-state index is 12.6. The van der Waals surface area contributed by atoms with Gasteiger partial charge in [0.2, 0.25) is 5.91 Å². The molecule has 0 aliphatic heterocycles. The number of nitrogens with one attached hydrogen (secondary N) is 2. The van der Waals surface area contributed by atoms with E-state index < -0.39 is 29.7 Å². The summed E-state index contributed by atoms with van der Waals surface area (Å²) in [5.41, 5.74) is 6.28. The molecule has 0 spiro atoms. The van der Waals surface area contributed by atoms with Gasteiger partial charge in [0.25, 0.3) is 0 Å². The van der Waals surface area contributed by atoms with Gasteiger partial charge in [-0.25, -0.2) is 4.98 Å². The first kappa shape index (κ1) is 21.9. The second-order valence-corrected chi connectivity index (χ2v) is 9.03.